The molecule has 1 fully saturated rings. The van der Waals surface area contributed by atoms with Crippen LogP contribution >= 0.6 is 0 Å². The molecule has 1 aliphatic rings. The van der Waals surface area contributed by atoms with Gasteiger partial charge in [0.1, 0.15) is 0 Å². The van der Waals surface area contributed by atoms with E-state index in [2.05, 4.69) is 5.32 Å². The van der Waals surface area contributed by atoms with Gasteiger partial charge in [-0.05, 0) is 11.6 Å². The first-order valence-electron chi connectivity index (χ1n) is 5.13. The maximum atomic E-state index is 13.3. The SMILES string of the molecule is Fc1ccc(CC2CNCCO2)c(F)c1F. The summed E-state index contributed by atoms with van der Waals surface area (Å²) in [6.45, 7) is 1.91. The summed E-state index contributed by atoms with van der Waals surface area (Å²) in [6.07, 6.45) is 0.0591. The van der Waals surface area contributed by atoms with Crippen LogP contribution < -0.4 is 5.32 Å². The van der Waals surface area contributed by atoms with Crippen molar-refractivity contribution >= 4 is 0 Å². The van der Waals surface area contributed by atoms with E-state index in [9.17, 15) is 13.2 Å². The molecule has 5 heteroatoms. The van der Waals surface area contributed by atoms with E-state index in [0.717, 1.165) is 12.6 Å². The van der Waals surface area contributed by atoms with Gasteiger partial charge < -0.3 is 10.1 Å². The molecule has 0 aliphatic carbocycles. The number of benzene rings is 1. The van der Waals surface area contributed by atoms with Gasteiger partial charge in [-0.2, -0.15) is 0 Å². The molecule has 2 nitrogen and oxygen atoms in total. The molecule has 0 spiro atoms. The van der Waals surface area contributed by atoms with Crippen molar-refractivity contribution in [2.75, 3.05) is 19.7 Å². The maximum Gasteiger partial charge on any atom is 0.194 e. The molecule has 0 bridgehead atoms. The third-order valence-corrected chi connectivity index (χ3v) is 2.57. The van der Waals surface area contributed by atoms with E-state index in [1.54, 1.807) is 0 Å². The molecule has 1 heterocycles. The van der Waals surface area contributed by atoms with Crippen LogP contribution in [0.1, 0.15) is 5.56 Å². The highest BCUT2D eigenvalue weighted by Crippen LogP contribution is 2.17. The van der Waals surface area contributed by atoms with Crippen molar-refractivity contribution in [2.24, 2.45) is 0 Å². The normalized spacial score (nSPS) is 21.1. The van der Waals surface area contributed by atoms with Crippen LogP contribution in [-0.4, -0.2) is 25.8 Å². The summed E-state index contributed by atoms with van der Waals surface area (Å²) in [5, 5.41) is 3.09. The fourth-order valence-electron chi connectivity index (χ4n) is 1.72. The Labute approximate surface area is 91.4 Å². The molecule has 1 unspecified atom stereocenters. The lowest BCUT2D eigenvalue weighted by atomic mass is 10.1. The Bertz CT molecular complexity index is 378. The van der Waals surface area contributed by atoms with Gasteiger partial charge in [0.25, 0.3) is 0 Å². The number of hydrogen-bond acceptors (Lipinski definition) is 2. The van der Waals surface area contributed by atoms with E-state index in [0.29, 0.717) is 13.2 Å². The topological polar surface area (TPSA) is 21.3 Å². The van der Waals surface area contributed by atoms with Crippen molar-refractivity contribution < 1.29 is 17.9 Å². The summed E-state index contributed by atoms with van der Waals surface area (Å²) in [4.78, 5) is 0. The third-order valence-electron chi connectivity index (χ3n) is 2.57. The predicted molar refractivity (Wildman–Crippen MR) is 52.6 cm³/mol. The first-order chi connectivity index (χ1) is 7.68. The predicted octanol–water partition coefficient (Wildman–Crippen LogP) is 1.63. The monoisotopic (exact) mass is 231 g/mol. The second-order valence-electron chi connectivity index (χ2n) is 3.74. The fraction of sp³-hybridized carbons (Fsp3) is 0.455. The quantitative estimate of drug-likeness (QED) is 0.781. The number of nitrogens with one attached hydrogen (secondary N) is 1. The average Bonchev–Trinajstić information content (AvgIpc) is 2.31. The number of ether oxygens (including phenoxy) is 1. The zero-order valence-corrected chi connectivity index (χ0v) is 8.60. The Hall–Kier alpha value is -1.07. The number of hydrogen-bond donors (Lipinski definition) is 1. The van der Waals surface area contributed by atoms with Crippen molar-refractivity contribution in [3.8, 4) is 0 Å². The second kappa shape index (κ2) is 4.84. The number of morpholine rings is 1. The molecule has 1 atom stereocenters. The van der Waals surface area contributed by atoms with Crippen LogP contribution in [0.4, 0.5) is 13.2 Å². The lowest BCUT2D eigenvalue weighted by Crippen LogP contribution is -2.39. The molecule has 0 aromatic heterocycles. The van der Waals surface area contributed by atoms with Crippen LogP contribution in [0.5, 0.6) is 0 Å². The Morgan fingerprint density at radius 3 is 2.75 bits per heavy atom. The fourth-order valence-corrected chi connectivity index (χ4v) is 1.72. The Kier molecular flexibility index (Phi) is 3.46. The van der Waals surface area contributed by atoms with Crippen molar-refractivity contribution in [1.29, 1.82) is 0 Å². The molecule has 1 aromatic carbocycles. The first kappa shape index (κ1) is 11.4. The van der Waals surface area contributed by atoms with Crippen molar-refractivity contribution in [3.05, 3.63) is 35.1 Å². The van der Waals surface area contributed by atoms with E-state index in [-0.39, 0.29) is 18.1 Å². The molecule has 0 saturated carbocycles. The summed E-state index contributed by atoms with van der Waals surface area (Å²) in [5.74, 6) is -3.70. The highest BCUT2D eigenvalue weighted by molar-refractivity contribution is 5.21. The van der Waals surface area contributed by atoms with Gasteiger partial charge in [0.05, 0.1) is 12.7 Å². The lowest BCUT2D eigenvalue weighted by molar-refractivity contribution is 0.0286. The van der Waals surface area contributed by atoms with E-state index >= 15 is 0 Å². The van der Waals surface area contributed by atoms with Crippen molar-refractivity contribution in [1.82, 2.24) is 5.32 Å². The molecule has 1 aliphatic heterocycles. The molecule has 2 rings (SSSR count). The lowest BCUT2D eigenvalue weighted by Gasteiger charge is -2.23. The zero-order chi connectivity index (χ0) is 11.5. The molecule has 16 heavy (non-hydrogen) atoms. The number of halogens is 3. The summed E-state index contributed by atoms with van der Waals surface area (Å²) < 4.78 is 44.3. The number of rotatable bonds is 2. The summed E-state index contributed by atoms with van der Waals surface area (Å²) >= 11 is 0. The van der Waals surface area contributed by atoms with E-state index in [1.807, 2.05) is 0 Å². The largest absolute Gasteiger partial charge is 0.375 e. The van der Waals surface area contributed by atoms with E-state index in [1.165, 1.54) is 6.07 Å². The van der Waals surface area contributed by atoms with Gasteiger partial charge in [-0.3, -0.25) is 0 Å². The van der Waals surface area contributed by atoms with E-state index in [4.69, 9.17) is 4.74 Å². The molecule has 1 N–H and O–H groups in total. The Balaban J connectivity index is 2.11. The molecule has 88 valence electrons. The smallest absolute Gasteiger partial charge is 0.194 e. The average molecular weight is 231 g/mol. The highest BCUT2D eigenvalue weighted by atomic mass is 19.2. The summed E-state index contributed by atoms with van der Waals surface area (Å²) in [7, 11) is 0. The van der Waals surface area contributed by atoms with Crippen LogP contribution in [0.3, 0.4) is 0 Å². The minimum atomic E-state index is -1.42. The first-order valence-corrected chi connectivity index (χ1v) is 5.13. The van der Waals surface area contributed by atoms with Crippen LogP contribution in [-0.2, 0) is 11.2 Å². The van der Waals surface area contributed by atoms with Crippen LogP contribution in [0.15, 0.2) is 12.1 Å². The van der Waals surface area contributed by atoms with Gasteiger partial charge in [-0.25, -0.2) is 13.2 Å². The van der Waals surface area contributed by atoms with Gasteiger partial charge in [0.15, 0.2) is 17.5 Å². The molecule has 1 saturated heterocycles. The molecule has 1 aromatic rings. The van der Waals surface area contributed by atoms with Crippen LogP contribution in [0, 0.1) is 17.5 Å². The van der Waals surface area contributed by atoms with Crippen LogP contribution in [0.2, 0.25) is 0 Å². The molecular weight excluding hydrogens is 219 g/mol. The minimum Gasteiger partial charge on any atom is -0.375 e. The molecule has 0 radical (unpaired) electrons. The second-order valence-corrected chi connectivity index (χ2v) is 3.74. The summed E-state index contributed by atoms with van der Waals surface area (Å²) in [6, 6.07) is 2.19. The molecular formula is C11H12F3NO. The Morgan fingerprint density at radius 1 is 1.25 bits per heavy atom. The van der Waals surface area contributed by atoms with Gasteiger partial charge in [0.2, 0.25) is 0 Å². The van der Waals surface area contributed by atoms with Crippen molar-refractivity contribution in [2.45, 2.75) is 12.5 Å². The Morgan fingerprint density at radius 2 is 2.06 bits per heavy atom. The van der Waals surface area contributed by atoms with Gasteiger partial charge in [-0.15, -0.1) is 0 Å². The van der Waals surface area contributed by atoms with Crippen LogP contribution in [0.25, 0.3) is 0 Å². The summed E-state index contributed by atoms with van der Waals surface area (Å²) in [5.41, 5.74) is 0.146. The minimum absolute atomic E-state index is 0.146. The standard InChI is InChI=1S/C11H12F3NO/c12-9-2-1-7(10(13)11(9)14)5-8-6-15-3-4-16-8/h1-2,8,15H,3-6H2. The maximum absolute atomic E-state index is 13.3. The zero-order valence-electron chi connectivity index (χ0n) is 8.60. The van der Waals surface area contributed by atoms with Crippen molar-refractivity contribution in [3.63, 3.8) is 0 Å². The van der Waals surface area contributed by atoms with Gasteiger partial charge >= 0.3 is 0 Å². The third kappa shape index (κ3) is 2.36. The highest BCUT2D eigenvalue weighted by Gasteiger charge is 2.19. The van der Waals surface area contributed by atoms with E-state index < -0.39 is 17.5 Å². The van der Waals surface area contributed by atoms with Gasteiger partial charge in [0, 0.05) is 19.5 Å². The molecule has 0 amide bonds. The van der Waals surface area contributed by atoms with Gasteiger partial charge in [-0.1, -0.05) is 6.07 Å².